The molecule has 2 rings (SSSR count). The van der Waals surface area contributed by atoms with Gasteiger partial charge in [-0.25, -0.2) is 4.98 Å². The Balaban J connectivity index is 1.90. The molecule has 5 heteroatoms. The first-order valence-electron chi connectivity index (χ1n) is 6.40. The van der Waals surface area contributed by atoms with E-state index in [9.17, 15) is 4.79 Å². The van der Waals surface area contributed by atoms with Gasteiger partial charge in [0, 0.05) is 18.8 Å². The smallest absolute Gasteiger partial charge is 0.289 e. The second-order valence-corrected chi connectivity index (χ2v) is 5.61. The van der Waals surface area contributed by atoms with Crippen molar-refractivity contribution in [3.63, 3.8) is 0 Å². The Hall–Kier alpha value is -0.840. The third-order valence-electron chi connectivity index (χ3n) is 3.65. The lowest BCUT2D eigenvalue weighted by atomic mass is 9.98. The van der Waals surface area contributed by atoms with E-state index in [2.05, 4.69) is 26.2 Å². The number of aryl methyl sites for hydroxylation is 2. The highest BCUT2D eigenvalue weighted by Gasteiger charge is 2.27. The molecule has 100 valence electrons. The fourth-order valence-electron chi connectivity index (χ4n) is 2.63. The van der Waals surface area contributed by atoms with Crippen molar-refractivity contribution in [2.45, 2.75) is 33.1 Å². The van der Waals surface area contributed by atoms with E-state index in [4.69, 9.17) is 4.42 Å². The van der Waals surface area contributed by atoms with Crippen molar-refractivity contribution in [1.29, 1.82) is 0 Å². The minimum Gasteiger partial charge on any atom is -0.436 e. The Bertz CT molecular complexity index is 431. The van der Waals surface area contributed by atoms with Gasteiger partial charge in [0.2, 0.25) is 5.76 Å². The zero-order valence-electron chi connectivity index (χ0n) is 10.8. The molecule has 2 atom stereocenters. The summed E-state index contributed by atoms with van der Waals surface area (Å²) in [4.78, 5) is 16.1. The Morgan fingerprint density at radius 1 is 1.44 bits per heavy atom. The Morgan fingerprint density at radius 3 is 2.78 bits per heavy atom. The molecular formula is C13H19BrN2O2. The Kier molecular flexibility index (Phi) is 4.43. The van der Waals surface area contributed by atoms with Crippen molar-refractivity contribution in [2.75, 3.05) is 11.9 Å². The van der Waals surface area contributed by atoms with Gasteiger partial charge >= 0.3 is 0 Å². The number of halogens is 1. The summed E-state index contributed by atoms with van der Waals surface area (Å²) in [6.45, 7) is 4.28. The van der Waals surface area contributed by atoms with Crippen molar-refractivity contribution in [1.82, 2.24) is 10.3 Å². The first-order valence-corrected chi connectivity index (χ1v) is 7.52. The molecule has 0 spiro atoms. The van der Waals surface area contributed by atoms with Crippen LogP contribution in [0.4, 0.5) is 0 Å². The van der Waals surface area contributed by atoms with Gasteiger partial charge < -0.3 is 9.73 Å². The number of nitrogens with one attached hydrogen (secondary N) is 1. The highest BCUT2D eigenvalue weighted by Crippen LogP contribution is 2.32. The van der Waals surface area contributed by atoms with Crippen LogP contribution in [-0.2, 0) is 0 Å². The number of alkyl halides is 1. The average molecular weight is 315 g/mol. The van der Waals surface area contributed by atoms with E-state index in [1.54, 1.807) is 13.8 Å². The zero-order valence-corrected chi connectivity index (χ0v) is 12.4. The van der Waals surface area contributed by atoms with Crippen molar-refractivity contribution in [3.05, 3.63) is 17.3 Å². The lowest BCUT2D eigenvalue weighted by molar-refractivity contribution is 0.0915. The van der Waals surface area contributed by atoms with Gasteiger partial charge in [-0.05, 0) is 31.6 Å². The molecule has 18 heavy (non-hydrogen) atoms. The fourth-order valence-corrected chi connectivity index (χ4v) is 3.48. The topological polar surface area (TPSA) is 55.1 Å². The second kappa shape index (κ2) is 5.87. The normalized spacial score (nSPS) is 23.3. The van der Waals surface area contributed by atoms with Crippen LogP contribution in [0.3, 0.4) is 0 Å². The summed E-state index contributed by atoms with van der Waals surface area (Å²) in [5.41, 5.74) is 0.661. The number of oxazole rings is 1. The lowest BCUT2D eigenvalue weighted by Crippen LogP contribution is -2.31. The molecule has 1 aliphatic rings. The largest absolute Gasteiger partial charge is 0.436 e. The summed E-state index contributed by atoms with van der Waals surface area (Å²) in [6.07, 6.45) is 3.72. The molecule has 0 radical (unpaired) electrons. The summed E-state index contributed by atoms with van der Waals surface area (Å²) >= 11 is 3.54. The molecular weight excluding hydrogens is 296 g/mol. The summed E-state index contributed by atoms with van der Waals surface area (Å²) in [7, 11) is 0. The number of nitrogens with zero attached hydrogens (tertiary/aromatic N) is 1. The molecule has 1 fully saturated rings. The number of hydrogen-bond donors (Lipinski definition) is 1. The maximum Gasteiger partial charge on any atom is 0.289 e. The number of rotatable bonds is 4. The maximum atomic E-state index is 12.0. The Labute approximate surface area is 116 Å². The molecule has 1 aromatic heterocycles. The van der Waals surface area contributed by atoms with Gasteiger partial charge in [-0.1, -0.05) is 22.4 Å². The van der Waals surface area contributed by atoms with Gasteiger partial charge in [0.15, 0.2) is 5.89 Å². The van der Waals surface area contributed by atoms with Gasteiger partial charge in [-0.3, -0.25) is 4.79 Å². The van der Waals surface area contributed by atoms with Crippen LogP contribution in [-0.4, -0.2) is 22.8 Å². The maximum absolute atomic E-state index is 12.0. The predicted octanol–water partition coefficient (Wildman–Crippen LogP) is 2.83. The third kappa shape index (κ3) is 2.94. The Morgan fingerprint density at radius 2 is 2.17 bits per heavy atom. The SMILES string of the molecule is Cc1nc(C)c(C(=O)NCC2CCCC2CBr)o1. The van der Waals surface area contributed by atoms with E-state index in [-0.39, 0.29) is 5.91 Å². The van der Waals surface area contributed by atoms with Gasteiger partial charge in [-0.15, -0.1) is 0 Å². The predicted molar refractivity (Wildman–Crippen MR) is 72.9 cm³/mol. The van der Waals surface area contributed by atoms with E-state index < -0.39 is 0 Å². The lowest BCUT2D eigenvalue weighted by Gasteiger charge is -2.17. The summed E-state index contributed by atoms with van der Waals surface area (Å²) in [5.74, 6) is 2.01. The minimum atomic E-state index is -0.145. The summed E-state index contributed by atoms with van der Waals surface area (Å²) in [5, 5.41) is 3.99. The molecule has 1 aromatic rings. The fraction of sp³-hybridized carbons (Fsp3) is 0.692. The van der Waals surface area contributed by atoms with Gasteiger partial charge in [0.1, 0.15) is 0 Å². The molecule has 1 aliphatic carbocycles. The van der Waals surface area contributed by atoms with Crippen LogP contribution in [0, 0.1) is 25.7 Å². The number of carbonyl (C=O) groups is 1. The third-order valence-corrected chi connectivity index (χ3v) is 4.48. The van der Waals surface area contributed by atoms with Crippen LogP contribution < -0.4 is 5.32 Å². The van der Waals surface area contributed by atoms with Gasteiger partial charge in [-0.2, -0.15) is 0 Å². The van der Waals surface area contributed by atoms with Gasteiger partial charge in [0.05, 0.1) is 5.69 Å². The average Bonchev–Trinajstić information content (AvgIpc) is 2.92. The molecule has 1 N–H and O–H groups in total. The molecule has 1 heterocycles. The van der Waals surface area contributed by atoms with Crippen LogP contribution in [0.25, 0.3) is 0 Å². The van der Waals surface area contributed by atoms with E-state index in [1.807, 2.05) is 0 Å². The van der Waals surface area contributed by atoms with E-state index >= 15 is 0 Å². The first-order chi connectivity index (χ1) is 8.61. The zero-order chi connectivity index (χ0) is 13.1. The van der Waals surface area contributed by atoms with E-state index in [0.29, 0.717) is 29.2 Å². The number of hydrogen-bond acceptors (Lipinski definition) is 3. The van der Waals surface area contributed by atoms with Crippen molar-refractivity contribution < 1.29 is 9.21 Å². The standard InChI is InChI=1S/C13H19BrN2O2/c1-8-12(18-9(2)16-8)13(17)15-7-11-5-3-4-10(11)6-14/h10-11H,3-7H2,1-2H3,(H,15,17). The molecule has 0 saturated heterocycles. The summed E-state index contributed by atoms with van der Waals surface area (Å²) < 4.78 is 5.31. The molecule has 1 amide bonds. The van der Waals surface area contributed by atoms with E-state index in [1.165, 1.54) is 19.3 Å². The van der Waals surface area contributed by atoms with Crippen LogP contribution in [0.5, 0.6) is 0 Å². The monoisotopic (exact) mass is 314 g/mol. The molecule has 0 aliphatic heterocycles. The second-order valence-electron chi connectivity index (χ2n) is 4.96. The van der Waals surface area contributed by atoms with Crippen LogP contribution in [0.2, 0.25) is 0 Å². The highest BCUT2D eigenvalue weighted by atomic mass is 79.9. The van der Waals surface area contributed by atoms with Crippen LogP contribution in [0.15, 0.2) is 4.42 Å². The number of amides is 1. The molecule has 2 unspecified atom stereocenters. The molecule has 0 bridgehead atoms. The quantitative estimate of drug-likeness (QED) is 0.869. The number of carbonyl (C=O) groups excluding carboxylic acids is 1. The van der Waals surface area contributed by atoms with Crippen molar-refractivity contribution in [2.24, 2.45) is 11.8 Å². The number of aromatic nitrogens is 1. The van der Waals surface area contributed by atoms with Gasteiger partial charge in [0.25, 0.3) is 5.91 Å². The van der Waals surface area contributed by atoms with Crippen molar-refractivity contribution in [3.8, 4) is 0 Å². The highest BCUT2D eigenvalue weighted by molar-refractivity contribution is 9.09. The molecule has 0 aromatic carbocycles. The van der Waals surface area contributed by atoms with Crippen molar-refractivity contribution >= 4 is 21.8 Å². The molecule has 4 nitrogen and oxygen atoms in total. The minimum absolute atomic E-state index is 0.145. The first kappa shape index (κ1) is 13.6. The van der Waals surface area contributed by atoms with E-state index in [0.717, 1.165) is 11.9 Å². The van der Waals surface area contributed by atoms with Crippen LogP contribution in [0.1, 0.15) is 41.4 Å². The van der Waals surface area contributed by atoms with Crippen LogP contribution >= 0.6 is 15.9 Å². The summed E-state index contributed by atoms with van der Waals surface area (Å²) in [6, 6.07) is 0. The molecule has 1 saturated carbocycles.